The molecule has 0 saturated carbocycles. The lowest BCUT2D eigenvalue weighted by atomic mass is 10.2. The summed E-state index contributed by atoms with van der Waals surface area (Å²) in [5.74, 6) is 0.0500. The second-order valence-corrected chi connectivity index (χ2v) is 8.95. The van der Waals surface area contributed by atoms with Gasteiger partial charge in [0.25, 0.3) is 0 Å². The largest absolute Gasteiger partial charge is 0.395 e. The van der Waals surface area contributed by atoms with E-state index in [1.807, 2.05) is 24.3 Å². The Morgan fingerprint density at radius 2 is 1.82 bits per heavy atom. The molecule has 5 rings (SSSR count). The van der Waals surface area contributed by atoms with Gasteiger partial charge in [-0.25, -0.2) is 4.98 Å². The number of hydrogen-bond donors (Lipinski definition) is 3. The van der Waals surface area contributed by atoms with Gasteiger partial charge in [-0.05, 0) is 48.5 Å². The van der Waals surface area contributed by atoms with E-state index in [2.05, 4.69) is 49.1 Å². The zero-order chi connectivity index (χ0) is 26.5. The highest BCUT2D eigenvalue weighted by atomic mass is 16.3. The summed E-state index contributed by atoms with van der Waals surface area (Å²) in [6.45, 7) is 8.07. The zero-order valence-electron chi connectivity index (χ0n) is 20.9. The molecule has 2 aromatic carbocycles. The SMILES string of the molecule is C=CC(=O)Nc1cccc(-n2ccc(=O)c3cnc(Nc4ccc(N5CCN(CCO)CC5)cc4)nc32)c1. The van der Waals surface area contributed by atoms with Gasteiger partial charge in [-0.3, -0.25) is 14.5 Å². The lowest BCUT2D eigenvalue weighted by Crippen LogP contribution is -2.47. The Bertz CT molecular complexity index is 1510. The number of rotatable bonds is 8. The Morgan fingerprint density at radius 1 is 1.03 bits per heavy atom. The maximum absolute atomic E-state index is 12.5. The van der Waals surface area contributed by atoms with Crippen molar-refractivity contribution >= 4 is 40.0 Å². The monoisotopic (exact) mass is 511 g/mol. The molecule has 1 saturated heterocycles. The number of hydrogen-bond acceptors (Lipinski definition) is 8. The number of benzene rings is 2. The van der Waals surface area contributed by atoms with Crippen LogP contribution in [-0.4, -0.2) is 69.8 Å². The van der Waals surface area contributed by atoms with E-state index < -0.39 is 0 Å². The number of aliphatic hydroxyl groups is 1. The van der Waals surface area contributed by atoms with Crippen LogP contribution in [0.1, 0.15) is 0 Å². The molecule has 1 aliphatic rings. The summed E-state index contributed by atoms with van der Waals surface area (Å²) in [6.07, 6.45) is 4.39. The summed E-state index contributed by atoms with van der Waals surface area (Å²) < 4.78 is 1.78. The van der Waals surface area contributed by atoms with Crippen molar-refractivity contribution in [2.75, 3.05) is 54.9 Å². The molecule has 3 heterocycles. The molecule has 1 fully saturated rings. The quantitative estimate of drug-likeness (QED) is 0.310. The normalized spacial score (nSPS) is 13.9. The number of carbonyl (C=O) groups is 1. The lowest BCUT2D eigenvalue weighted by Gasteiger charge is -2.35. The number of pyridine rings is 1. The molecule has 1 aliphatic heterocycles. The predicted octanol–water partition coefficient (Wildman–Crippen LogP) is 2.76. The van der Waals surface area contributed by atoms with Crippen molar-refractivity contribution in [2.24, 2.45) is 0 Å². The van der Waals surface area contributed by atoms with Crippen LogP contribution in [0, 0.1) is 0 Å². The van der Waals surface area contributed by atoms with Gasteiger partial charge in [0.05, 0.1) is 12.0 Å². The van der Waals surface area contributed by atoms with Gasteiger partial charge < -0.3 is 25.2 Å². The minimum atomic E-state index is -0.310. The third-order valence-corrected chi connectivity index (χ3v) is 6.49. The van der Waals surface area contributed by atoms with E-state index in [1.54, 1.807) is 22.9 Å². The first-order valence-electron chi connectivity index (χ1n) is 12.4. The average molecular weight is 512 g/mol. The standard InChI is InChI=1S/C28H29N7O3/c1-2-26(38)30-21-4-3-5-23(18-21)35-11-10-25(37)24-19-29-28(32-27(24)35)31-20-6-8-22(9-7-20)34-14-12-33(13-15-34)16-17-36/h2-11,18-19,36H,1,12-17H2,(H,30,38)(H,29,31,32). The first-order valence-corrected chi connectivity index (χ1v) is 12.4. The molecule has 0 radical (unpaired) electrons. The summed E-state index contributed by atoms with van der Waals surface area (Å²) in [4.78, 5) is 37.9. The maximum atomic E-state index is 12.5. The van der Waals surface area contributed by atoms with Gasteiger partial charge in [-0.15, -0.1) is 0 Å². The van der Waals surface area contributed by atoms with Crippen molar-refractivity contribution in [3.05, 3.63) is 89.9 Å². The van der Waals surface area contributed by atoms with Crippen LogP contribution >= 0.6 is 0 Å². The van der Waals surface area contributed by atoms with E-state index >= 15 is 0 Å². The van der Waals surface area contributed by atoms with Gasteiger partial charge >= 0.3 is 0 Å². The van der Waals surface area contributed by atoms with E-state index in [0.29, 0.717) is 29.2 Å². The highest BCUT2D eigenvalue weighted by Gasteiger charge is 2.17. The van der Waals surface area contributed by atoms with Gasteiger partial charge in [-0.2, -0.15) is 4.98 Å². The van der Waals surface area contributed by atoms with E-state index in [-0.39, 0.29) is 17.9 Å². The van der Waals surface area contributed by atoms with Crippen molar-refractivity contribution in [1.82, 2.24) is 19.4 Å². The number of anilines is 4. The Kier molecular flexibility index (Phi) is 7.43. The molecule has 194 valence electrons. The number of aliphatic hydroxyl groups excluding tert-OH is 1. The lowest BCUT2D eigenvalue weighted by molar-refractivity contribution is -0.111. The summed E-state index contributed by atoms with van der Waals surface area (Å²) in [6, 6.07) is 16.8. The molecule has 0 bridgehead atoms. The second kappa shape index (κ2) is 11.2. The average Bonchev–Trinajstić information content (AvgIpc) is 2.94. The molecule has 0 spiro atoms. The minimum Gasteiger partial charge on any atom is -0.395 e. The van der Waals surface area contributed by atoms with Crippen molar-refractivity contribution in [2.45, 2.75) is 0 Å². The van der Waals surface area contributed by atoms with Gasteiger partial charge in [-0.1, -0.05) is 12.6 Å². The number of piperazine rings is 1. The molecule has 2 aromatic heterocycles. The third kappa shape index (κ3) is 5.56. The molecular weight excluding hydrogens is 482 g/mol. The number of nitrogens with zero attached hydrogens (tertiary/aromatic N) is 5. The number of amides is 1. The number of fused-ring (bicyclic) bond motifs is 1. The van der Waals surface area contributed by atoms with Gasteiger partial charge in [0.15, 0.2) is 11.1 Å². The number of aromatic nitrogens is 3. The minimum absolute atomic E-state index is 0.178. The van der Waals surface area contributed by atoms with Crippen LogP contribution in [0.25, 0.3) is 16.7 Å². The van der Waals surface area contributed by atoms with Crippen molar-refractivity contribution in [3.63, 3.8) is 0 Å². The first kappa shape index (κ1) is 25.1. The Hall–Kier alpha value is -4.54. The molecular formula is C28H29N7O3. The molecule has 10 heteroatoms. The van der Waals surface area contributed by atoms with Crippen LogP contribution in [0.3, 0.4) is 0 Å². The Labute approximate surface area is 219 Å². The molecule has 3 N–H and O–H groups in total. The molecule has 38 heavy (non-hydrogen) atoms. The highest BCUT2D eigenvalue weighted by Crippen LogP contribution is 2.23. The van der Waals surface area contributed by atoms with E-state index in [0.717, 1.165) is 43.2 Å². The fraction of sp³-hybridized carbons (Fsp3) is 0.214. The van der Waals surface area contributed by atoms with E-state index in [1.165, 1.54) is 18.3 Å². The second-order valence-electron chi connectivity index (χ2n) is 8.95. The molecule has 10 nitrogen and oxygen atoms in total. The smallest absolute Gasteiger partial charge is 0.247 e. The van der Waals surface area contributed by atoms with Crippen LogP contribution in [0.4, 0.5) is 23.0 Å². The van der Waals surface area contributed by atoms with Crippen LogP contribution in [0.2, 0.25) is 0 Å². The fourth-order valence-corrected chi connectivity index (χ4v) is 4.48. The summed E-state index contributed by atoms with van der Waals surface area (Å²) in [7, 11) is 0. The van der Waals surface area contributed by atoms with Crippen LogP contribution < -0.4 is 21.0 Å². The topological polar surface area (TPSA) is 116 Å². The molecule has 1 amide bonds. The first-order chi connectivity index (χ1) is 18.5. The summed E-state index contributed by atoms with van der Waals surface area (Å²) in [5, 5.41) is 15.5. The molecule has 0 atom stereocenters. The predicted molar refractivity (Wildman–Crippen MR) is 149 cm³/mol. The zero-order valence-corrected chi connectivity index (χ0v) is 20.9. The fourth-order valence-electron chi connectivity index (χ4n) is 4.48. The van der Waals surface area contributed by atoms with Gasteiger partial charge in [0.1, 0.15) is 0 Å². The van der Waals surface area contributed by atoms with Crippen LogP contribution in [0.15, 0.2) is 84.4 Å². The van der Waals surface area contributed by atoms with Gasteiger partial charge in [0, 0.05) is 73.9 Å². The maximum Gasteiger partial charge on any atom is 0.247 e. The summed E-state index contributed by atoms with van der Waals surface area (Å²) in [5.41, 5.74) is 3.55. The number of carbonyl (C=O) groups excluding carboxylic acids is 1. The van der Waals surface area contributed by atoms with Crippen LogP contribution in [-0.2, 0) is 4.79 Å². The van der Waals surface area contributed by atoms with E-state index in [4.69, 9.17) is 5.11 Å². The molecule has 4 aromatic rings. The Morgan fingerprint density at radius 3 is 2.55 bits per heavy atom. The number of nitrogens with one attached hydrogen (secondary N) is 2. The van der Waals surface area contributed by atoms with Crippen molar-refractivity contribution in [1.29, 1.82) is 0 Å². The van der Waals surface area contributed by atoms with Gasteiger partial charge in [0.2, 0.25) is 11.9 Å². The highest BCUT2D eigenvalue weighted by molar-refractivity contribution is 5.99. The molecule has 0 unspecified atom stereocenters. The molecule has 0 aliphatic carbocycles. The van der Waals surface area contributed by atoms with Crippen molar-refractivity contribution in [3.8, 4) is 5.69 Å². The van der Waals surface area contributed by atoms with Crippen LogP contribution in [0.5, 0.6) is 0 Å². The Balaban J connectivity index is 1.37. The van der Waals surface area contributed by atoms with Crippen molar-refractivity contribution < 1.29 is 9.90 Å². The van der Waals surface area contributed by atoms with E-state index in [9.17, 15) is 9.59 Å². The number of β-amino-alcohol motifs (C(OH)–C–C–N with tert-alkyl or cyclic N) is 1. The third-order valence-electron chi connectivity index (χ3n) is 6.49. The summed E-state index contributed by atoms with van der Waals surface area (Å²) >= 11 is 0.